The van der Waals surface area contributed by atoms with Crippen LogP contribution < -0.4 is 16.8 Å². The van der Waals surface area contributed by atoms with Gasteiger partial charge in [0.25, 0.3) is 5.91 Å². The van der Waals surface area contributed by atoms with Crippen LogP contribution in [-0.4, -0.2) is 16.8 Å². The van der Waals surface area contributed by atoms with Crippen molar-refractivity contribution in [1.29, 1.82) is 0 Å². The molecule has 2 amide bonds. The van der Waals surface area contributed by atoms with Crippen molar-refractivity contribution in [2.45, 2.75) is 20.4 Å². The number of aryl methyl sites for hydroxylation is 2. The Morgan fingerprint density at radius 1 is 0.892 bits per heavy atom. The summed E-state index contributed by atoms with van der Waals surface area (Å²) in [5.74, 6) is -0.173. The lowest BCUT2D eigenvalue weighted by Crippen LogP contribution is -2.24. The fraction of sp³-hybridized carbons (Fsp3) is 0.100. The minimum absolute atomic E-state index is 0.176. The van der Waals surface area contributed by atoms with Crippen LogP contribution >= 0.6 is 0 Å². The highest BCUT2D eigenvalue weighted by Crippen LogP contribution is 2.42. The van der Waals surface area contributed by atoms with Gasteiger partial charge >= 0.3 is 0 Å². The molecule has 2 bridgehead atoms. The van der Waals surface area contributed by atoms with Gasteiger partial charge in [0.2, 0.25) is 5.91 Å². The SMILES string of the molecule is Cc1cc(N)nc(C)c1CNC(=O)c1ccc2c(c1)c1oc2c2cc(-c3ccccc3C(N)=O)ccc21. The van der Waals surface area contributed by atoms with Crippen molar-refractivity contribution in [2.75, 3.05) is 5.73 Å². The summed E-state index contributed by atoms with van der Waals surface area (Å²) in [5.41, 5.74) is 18.3. The molecule has 0 saturated heterocycles. The first-order valence-corrected chi connectivity index (χ1v) is 11.9. The number of rotatable bonds is 5. The summed E-state index contributed by atoms with van der Waals surface area (Å²) in [5, 5.41) is 6.74. The number of nitrogens with one attached hydrogen (secondary N) is 1. The lowest BCUT2D eigenvalue weighted by Gasteiger charge is -2.12. The summed E-state index contributed by atoms with van der Waals surface area (Å²) in [6, 6.07) is 20.7. The Balaban J connectivity index is 1.35. The number of fused-ring (bicyclic) bond motifs is 8. The minimum Gasteiger partial charge on any atom is -0.455 e. The van der Waals surface area contributed by atoms with E-state index < -0.39 is 5.91 Å². The molecular weight excluding hydrogens is 464 g/mol. The molecule has 0 aliphatic heterocycles. The Morgan fingerprint density at radius 3 is 2.32 bits per heavy atom. The van der Waals surface area contributed by atoms with Crippen LogP contribution in [0.5, 0.6) is 0 Å². The second-order valence-corrected chi connectivity index (χ2v) is 9.30. The van der Waals surface area contributed by atoms with Crippen molar-refractivity contribution >= 4 is 50.3 Å². The number of carbonyl (C=O) groups is 2. The molecule has 0 aliphatic carbocycles. The first kappa shape index (κ1) is 22.5. The Hall–Kier alpha value is -4.91. The minimum atomic E-state index is -0.468. The van der Waals surface area contributed by atoms with Crippen LogP contribution in [0.3, 0.4) is 0 Å². The van der Waals surface area contributed by atoms with Crippen LogP contribution in [-0.2, 0) is 6.54 Å². The van der Waals surface area contributed by atoms with Crippen LogP contribution in [0.1, 0.15) is 37.5 Å². The maximum Gasteiger partial charge on any atom is 0.251 e. The smallest absolute Gasteiger partial charge is 0.251 e. The standard InChI is InChI=1S/C30H24N4O3/c1-15-11-26(31)34-16(2)25(15)14-33-30(36)18-8-10-21-24(13-18)28-20-9-7-17(12-23(20)27(21)37-28)19-5-3-4-6-22(19)29(32)35/h3-13H,14H2,1-2H3,(H2,31,34)(H2,32,35)(H,33,36). The van der Waals surface area contributed by atoms with Crippen molar-refractivity contribution in [3.8, 4) is 11.1 Å². The average Bonchev–Trinajstić information content (AvgIpc) is 3.44. The lowest BCUT2D eigenvalue weighted by atomic mass is 9.95. The normalized spacial score (nSPS) is 11.5. The molecule has 3 aromatic heterocycles. The number of primary amides is 1. The van der Waals surface area contributed by atoms with Gasteiger partial charge in [0.1, 0.15) is 17.0 Å². The van der Waals surface area contributed by atoms with Gasteiger partial charge in [-0.1, -0.05) is 24.3 Å². The molecule has 182 valence electrons. The van der Waals surface area contributed by atoms with E-state index in [-0.39, 0.29) is 5.91 Å². The van der Waals surface area contributed by atoms with Crippen LogP contribution in [0.2, 0.25) is 0 Å². The number of nitrogen functional groups attached to an aromatic ring is 1. The molecule has 6 rings (SSSR count). The van der Waals surface area contributed by atoms with E-state index in [1.54, 1.807) is 24.3 Å². The number of benzene rings is 4. The van der Waals surface area contributed by atoms with Crippen LogP contribution in [0.25, 0.3) is 43.8 Å². The predicted octanol–water partition coefficient (Wildman–Crippen LogP) is 5.47. The summed E-state index contributed by atoms with van der Waals surface area (Å²) < 4.78 is 6.18. The number of furan rings is 2. The summed E-state index contributed by atoms with van der Waals surface area (Å²) in [6.45, 7) is 4.21. The van der Waals surface area contributed by atoms with Crippen molar-refractivity contribution in [1.82, 2.24) is 10.3 Å². The number of hydrogen-bond acceptors (Lipinski definition) is 5. The maximum atomic E-state index is 13.0. The Labute approximate surface area is 212 Å². The predicted molar refractivity (Wildman–Crippen MR) is 146 cm³/mol. The fourth-order valence-corrected chi connectivity index (χ4v) is 5.16. The Bertz CT molecular complexity index is 1850. The summed E-state index contributed by atoms with van der Waals surface area (Å²) in [6.07, 6.45) is 0. The van der Waals surface area contributed by atoms with Gasteiger partial charge in [-0.3, -0.25) is 9.59 Å². The van der Waals surface area contributed by atoms with Gasteiger partial charge in [0, 0.05) is 44.9 Å². The number of carbonyl (C=O) groups excluding carboxylic acids is 2. The molecule has 6 aromatic rings. The van der Waals surface area contributed by atoms with E-state index in [0.717, 1.165) is 60.7 Å². The molecule has 0 aliphatic rings. The first-order valence-electron chi connectivity index (χ1n) is 11.9. The van der Waals surface area contributed by atoms with Crippen LogP contribution in [0.4, 0.5) is 5.82 Å². The topological polar surface area (TPSA) is 124 Å². The van der Waals surface area contributed by atoms with E-state index in [2.05, 4.69) is 10.3 Å². The largest absolute Gasteiger partial charge is 0.455 e. The summed E-state index contributed by atoms with van der Waals surface area (Å²) >= 11 is 0. The van der Waals surface area contributed by atoms with E-state index >= 15 is 0 Å². The second kappa shape index (κ2) is 8.34. The molecule has 3 heterocycles. The van der Waals surface area contributed by atoms with Crippen LogP contribution in [0.15, 0.2) is 71.1 Å². The zero-order valence-electron chi connectivity index (χ0n) is 20.4. The van der Waals surface area contributed by atoms with Crippen molar-refractivity contribution in [3.05, 3.63) is 94.7 Å². The van der Waals surface area contributed by atoms with Gasteiger partial charge in [0.05, 0.1) is 0 Å². The molecule has 7 heteroatoms. The maximum absolute atomic E-state index is 13.0. The molecule has 7 nitrogen and oxygen atoms in total. The molecule has 0 unspecified atom stereocenters. The number of amides is 2. The van der Waals surface area contributed by atoms with Gasteiger partial charge in [-0.25, -0.2) is 4.98 Å². The lowest BCUT2D eigenvalue weighted by molar-refractivity contribution is 0.0949. The molecule has 5 N–H and O–H groups in total. The highest BCUT2D eigenvalue weighted by molar-refractivity contribution is 6.26. The zero-order valence-corrected chi connectivity index (χ0v) is 20.4. The van der Waals surface area contributed by atoms with Crippen molar-refractivity contribution < 1.29 is 14.0 Å². The van der Waals surface area contributed by atoms with E-state index in [9.17, 15) is 9.59 Å². The third-order valence-corrected chi connectivity index (χ3v) is 6.99. The zero-order chi connectivity index (χ0) is 25.8. The van der Waals surface area contributed by atoms with Crippen molar-refractivity contribution in [2.24, 2.45) is 5.73 Å². The first-order chi connectivity index (χ1) is 17.8. The van der Waals surface area contributed by atoms with E-state index in [1.807, 2.05) is 56.3 Å². The number of nitrogens with two attached hydrogens (primary N) is 2. The van der Waals surface area contributed by atoms with Crippen LogP contribution in [0, 0.1) is 13.8 Å². The number of anilines is 1. The Morgan fingerprint density at radius 2 is 1.59 bits per heavy atom. The van der Waals surface area contributed by atoms with E-state index in [0.29, 0.717) is 23.5 Å². The second-order valence-electron chi connectivity index (χ2n) is 9.30. The molecule has 0 saturated carbocycles. The monoisotopic (exact) mass is 488 g/mol. The highest BCUT2D eigenvalue weighted by Gasteiger charge is 2.20. The molecule has 0 radical (unpaired) electrons. The molecule has 0 spiro atoms. The molecule has 0 atom stereocenters. The third kappa shape index (κ3) is 3.63. The van der Waals surface area contributed by atoms with E-state index in [1.165, 1.54) is 0 Å². The van der Waals surface area contributed by atoms with Gasteiger partial charge in [-0.2, -0.15) is 0 Å². The number of hydrogen-bond donors (Lipinski definition) is 3. The van der Waals surface area contributed by atoms with Gasteiger partial charge in [0.15, 0.2) is 0 Å². The molecule has 0 fully saturated rings. The number of nitrogens with zero attached hydrogens (tertiary/aromatic N) is 1. The summed E-state index contributed by atoms with van der Waals surface area (Å²) in [7, 11) is 0. The third-order valence-electron chi connectivity index (χ3n) is 6.99. The highest BCUT2D eigenvalue weighted by atomic mass is 16.3. The fourth-order valence-electron chi connectivity index (χ4n) is 5.16. The van der Waals surface area contributed by atoms with Crippen molar-refractivity contribution in [3.63, 3.8) is 0 Å². The quantitative estimate of drug-likeness (QED) is 0.278. The van der Waals surface area contributed by atoms with Gasteiger partial charge in [-0.15, -0.1) is 0 Å². The van der Waals surface area contributed by atoms with E-state index in [4.69, 9.17) is 15.9 Å². The molecular formula is C30H24N4O3. The number of pyridine rings is 1. The number of aromatic nitrogens is 1. The van der Waals surface area contributed by atoms with Gasteiger partial charge in [-0.05, 0) is 78.6 Å². The van der Waals surface area contributed by atoms with Gasteiger partial charge < -0.3 is 21.2 Å². The average molecular weight is 489 g/mol. The molecule has 3 aromatic carbocycles. The Kier molecular flexibility index (Phi) is 5.08. The molecule has 37 heavy (non-hydrogen) atoms. The summed E-state index contributed by atoms with van der Waals surface area (Å²) in [4.78, 5) is 29.2.